The van der Waals surface area contributed by atoms with Crippen molar-refractivity contribution < 1.29 is 9.47 Å². The van der Waals surface area contributed by atoms with Crippen molar-refractivity contribution in [1.82, 2.24) is 9.13 Å². The first-order chi connectivity index (χ1) is 28.7. The fraction of sp³-hybridized carbons (Fsp3) is 0. The first-order valence-corrected chi connectivity index (χ1v) is 19.7. The van der Waals surface area contributed by atoms with Gasteiger partial charge in [-0.15, -0.1) is 0 Å². The summed E-state index contributed by atoms with van der Waals surface area (Å²) < 4.78 is 17.4. The number of rotatable bonds is 4. The molecular formula is C54H32N2O2. The molecule has 0 amide bonds. The monoisotopic (exact) mass is 740 g/mol. The van der Waals surface area contributed by atoms with Crippen LogP contribution in [0.3, 0.4) is 0 Å². The molecule has 0 spiro atoms. The van der Waals surface area contributed by atoms with Crippen molar-refractivity contribution in [2.24, 2.45) is 0 Å². The SMILES string of the molecule is c1cc(-c2cccc(-c3ccc4c(c3)c3cccc5c3n4-c3ccccc3O5)c2)cc(-c2cccc(-c3ccc4c(c3)c3cccc5c3n4-c3ccccc3O5)c2)c1. The molecule has 0 saturated heterocycles. The highest BCUT2D eigenvalue weighted by molar-refractivity contribution is 6.14. The van der Waals surface area contributed by atoms with Gasteiger partial charge in [-0.05, 0) is 123 Å². The maximum Gasteiger partial charge on any atom is 0.152 e. The maximum absolute atomic E-state index is 6.35. The van der Waals surface area contributed by atoms with Gasteiger partial charge in [0.15, 0.2) is 23.0 Å². The lowest BCUT2D eigenvalue weighted by Crippen LogP contribution is -2.03. The highest BCUT2D eigenvalue weighted by Gasteiger charge is 2.25. The van der Waals surface area contributed by atoms with Gasteiger partial charge in [-0.2, -0.15) is 0 Å². The smallest absolute Gasteiger partial charge is 0.152 e. The first kappa shape index (κ1) is 31.4. The molecular weight excluding hydrogens is 709 g/mol. The van der Waals surface area contributed by atoms with Gasteiger partial charge in [-0.3, -0.25) is 0 Å². The van der Waals surface area contributed by atoms with Gasteiger partial charge in [0.05, 0.1) is 33.4 Å². The minimum absolute atomic E-state index is 0.878. The van der Waals surface area contributed by atoms with Crippen molar-refractivity contribution in [3.63, 3.8) is 0 Å². The number of fused-ring (bicyclic) bond motifs is 10. The van der Waals surface area contributed by atoms with Crippen molar-refractivity contribution in [3.8, 4) is 78.9 Å². The Bertz CT molecular complexity index is 3300. The predicted molar refractivity (Wildman–Crippen MR) is 237 cm³/mol. The lowest BCUT2D eigenvalue weighted by atomic mass is 9.94. The van der Waals surface area contributed by atoms with Gasteiger partial charge in [-0.25, -0.2) is 0 Å². The standard InChI is InChI=1S/C54H32N2O2/c1-3-20-49-47(18-1)55-45-26-24-39(31-43(45)41-16-8-22-51(57-49)53(41)55)37-14-6-12-35(29-37)33-10-5-11-34(28-33)36-13-7-15-38(30-36)40-25-27-46-44(32-40)42-17-9-23-52-54(42)56(46)48-19-2-4-21-50(48)58-52/h1-32H. The average molecular weight is 741 g/mol. The van der Waals surface area contributed by atoms with Gasteiger partial charge in [0, 0.05) is 21.5 Å². The summed E-state index contributed by atoms with van der Waals surface area (Å²) in [5.41, 5.74) is 16.2. The van der Waals surface area contributed by atoms with Crippen molar-refractivity contribution >= 4 is 43.6 Å². The van der Waals surface area contributed by atoms with Crippen LogP contribution >= 0.6 is 0 Å². The van der Waals surface area contributed by atoms with Gasteiger partial charge in [0.2, 0.25) is 0 Å². The van der Waals surface area contributed by atoms with E-state index in [1.165, 1.54) is 77.1 Å². The second kappa shape index (κ2) is 11.8. The molecule has 2 aliphatic rings. The Hall–Kier alpha value is -7.82. The predicted octanol–water partition coefficient (Wildman–Crippen LogP) is 14.8. The van der Waals surface area contributed by atoms with E-state index in [0.717, 1.165) is 45.4 Å². The van der Waals surface area contributed by atoms with Crippen LogP contribution in [0, 0.1) is 0 Å². The molecule has 58 heavy (non-hydrogen) atoms. The van der Waals surface area contributed by atoms with E-state index < -0.39 is 0 Å². The number of aromatic nitrogens is 2. The zero-order valence-corrected chi connectivity index (χ0v) is 31.2. The largest absolute Gasteiger partial charge is 0.453 e. The number of ether oxygens (including phenoxy) is 2. The second-order valence-electron chi connectivity index (χ2n) is 15.3. The molecule has 270 valence electrons. The van der Waals surface area contributed by atoms with E-state index in [1.807, 2.05) is 24.3 Å². The van der Waals surface area contributed by atoms with E-state index in [1.54, 1.807) is 0 Å². The van der Waals surface area contributed by atoms with Crippen LogP contribution in [0.4, 0.5) is 0 Å². The average Bonchev–Trinajstić information content (AvgIpc) is 3.81. The Morgan fingerprint density at radius 3 is 1.02 bits per heavy atom. The lowest BCUT2D eigenvalue weighted by molar-refractivity contribution is 0.476. The van der Waals surface area contributed by atoms with Crippen LogP contribution in [0.15, 0.2) is 194 Å². The van der Waals surface area contributed by atoms with Crippen LogP contribution in [0.1, 0.15) is 0 Å². The Kier molecular flexibility index (Phi) is 6.41. The molecule has 0 atom stereocenters. The molecule has 2 aromatic heterocycles. The third-order valence-corrected chi connectivity index (χ3v) is 12.1. The van der Waals surface area contributed by atoms with Gasteiger partial charge in [0.1, 0.15) is 0 Å². The molecule has 4 nitrogen and oxygen atoms in total. The van der Waals surface area contributed by atoms with E-state index in [-0.39, 0.29) is 0 Å². The molecule has 2 aliphatic heterocycles. The molecule has 0 radical (unpaired) electrons. The fourth-order valence-electron chi connectivity index (χ4n) is 9.43. The number of hydrogen-bond acceptors (Lipinski definition) is 2. The van der Waals surface area contributed by atoms with Gasteiger partial charge in [-0.1, -0.05) is 115 Å². The summed E-state index contributed by atoms with van der Waals surface area (Å²) in [6.45, 7) is 0. The van der Waals surface area contributed by atoms with Crippen molar-refractivity contribution in [3.05, 3.63) is 194 Å². The zero-order chi connectivity index (χ0) is 37.9. The summed E-state index contributed by atoms with van der Waals surface area (Å²) in [4.78, 5) is 0. The normalized spacial score (nSPS) is 12.4. The summed E-state index contributed by atoms with van der Waals surface area (Å²) >= 11 is 0. The summed E-state index contributed by atoms with van der Waals surface area (Å²) in [5.74, 6) is 3.54. The van der Waals surface area contributed by atoms with E-state index in [0.29, 0.717) is 0 Å². The van der Waals surface area contributed by atoms with Gasteiger partial charge < -0.3 is 18.6 Å². The number of nitrogens with zero attached hydrogens (tertiary/aromatic N) is 2. The Labute approximate surface area is 334 Å². The van der Waals surface area contributed by atoms with Crippen LogP contribution in [0.25, 0.3) is 99.5 Å². The minimum Gasteiger partial charge on any atom is -0.453 e. The molecule has 0 saturated carbocycles. The second-order valence-corrected chi connectivity index (χ2v) is 15.3. The molecule has 4 heteroatoms. The van der Waals surface area contributed by atoms with Crippen LogP contribution in [0.2, 0.25) is 0 Å². The van der Waals surface area contributed by atoms with E-state index in [9.17, 15) is 0 Å². The van der Waals surface area contributed by atoms with Gasteiger partial charge in [0.25, 0.3) is 0 Å². The van der Waals surface area contributed by atoms with Gasteiger partial charge >= 0.3 is 0 Å². The molecule has 11 aromatic rings. The Balaban J connectivity index is 0.861. The van der Waals surface area contributed by atoms with Crippen molar-refractivity contribution in [2.45, 2.75) is 0 Å². The highest BCUT2D eigenvalue weighted by atomic mass is 16.5. The topological polar surface area (TPSA) is 28.3 Å². The minimum atomic E-state index is 0.878. The fourth-order valence-corrected chi connectivity index (χ4v) is 9.43. The Morgan fingerprint density at radius 2 is 0.603 bits per heavy atom. The molecule has 9 aromatic carbocycles. The van der Waals surface area contributed by atoms with E-state index in [4.69, 9.17) is 9.47 Å². The van der Waals surface area contributed by atoms with E-state index >= 15 is 0 Å². The van der Waals surface area contributed by atoms with Crippen molar-refractivity contribution in [2.75, 3.05) is 0 Å². The quantitative estimate of drug-likeness (QED) is 0.180. The molecule has 0 fully saturated rings. The third kappa shape index (κ3) is 4.51. The number of hydrogen-bond donors (Lipinski definition) is 0. The zero-order valence-electron chi connectivity index (χ0n) is 31.2. The number of benzene rings is 9. The molecule has 0 aliphatic carbocycles. The van der Waals surface area contributed by atoms with Crippen LogP contribution in [0.5, 0.6) is 23.0 Å². The summed E-state index contributed by atoms with van der Waals surface area (Å²) in [6, 6.07) is 69.7. The molecule has 0 N–H and O–H groups in total. The molecule has 0 unspecified atom stereocenters. The third-order valence-electron chi connectivity index (χ3n) is 12.1. The number of para-hydroxylation sites is 6. The molecule has 0 bridgehead atoms. The van der Waals surface area contributed by atoms with E-state index in [2.05, 4.69) is 179 Å². The highest BCUT2D eigenvalue weighted by Crippen LogP contribution is 2.47. The molecule has 13 rings (SSSR count). The van der Waals surface area contributed by atoms with Crippen LogP contribution < -0.4 is 9.47 Å². The first-order valence-electron chi connectivity index (χ1n) is 19.7. The van der Waals surface area contributed by atoms with Crippen molar-refractivity contribution in [1.29, 1.82) is 0 Å². The summed E-state index contributed by atoms with van der Waals surface area (Å²) in [7, 11) is 0. The molecule has 4 heterocycles. The van der Waals surface area contributed by atoms with Crippen LogP contribution in [-0.2, 0) is 0 Å². The Morgan fingerprint density at radius 1 is 0.259 bits per heavy atom. The summed E-state index contributed by atoms with van der Waals surface area (Å²) in [6.07, 6.45) is 0. The summed E-state index contributed by atoms with van der Waals surface area (Å²) in [5, 5.41) is 4.82. The lowest BCUT2D eigenvalue weighted by Gasteiger charge is -2.20. The maximum atomic E-state index is 6.35. The van der Waals surface area contributed by atoms with Crippen LogP contribution in [-0.4, -0.2) is 9.13 Å².